The minimum Gasteiger partial charge on any atom is -0.444 e. The molecular formula is C16H20N4O2. The lowest BCUT2D eigenvalue weighted by molar-refractivity contribution is 0.0918. The van der Waals surface area contributed by atoms with E-state index in [4.69, 9.17) is 10.2 Å². The Morgan fingerprint density at radius 3 is 2.77 bits per heavy atom. The maximum absolute atomic E-state index is 12.2. The van der Waals surface area contributed by atoms with Crippen molar-refractivity contribution in [2.75, 3.05) is 5.73 Å². The zero-order valence-corrected chi connectivity index (χ0v) is 12.6. The fourth-order valence-electron chi connectivity index (χ4n) is 2.71. The third kappa shape index (κ3) is 3.27. The van der Waals surface area contributed by atoms with Crippen molar-refractivity contribution < 1.29 is 9.21 Å². The zero-order chi connectivity index (χ0) is 15.5. The van der Waals surface area contributed by atoms with Gasteiger partial charge in [-0.05, 0) is 43.7 Å². The monoisotopic (exact) mass is 300 g/mol. The van der Waals surface area contributed by atoms with Crippen LogP contribution in [0.2, 0.25) is 0 Å². The van der Waals surface area contributed by atoms with Crippen molar-refractivity contribution in [2.24, 2.45) is 5.92 Å². The molecule has 6 nitrogen and oxygen atoms in total. The number of carbonyl (C=O) groups is 1. The van der Waals surface area contributed by atoms with Gasteiger partial charge in [0.05, 0.1) is 5.56 Å². The second-order valence-corrected chi connectivity index (χ2v) is 5.94. The average Bonchev–Trinajstić information content (AvgIpc) is 3.00. The fraction of sp³-hybridized carbons (Fsp3) is 0.438. The lowest BCUT2D eigenvalue weighted by Gasteiger charge is -2.26. The van der Waals surface area contributed by atoms with Crippen molar-refractivity contribution in [3.05, 3.63) is 30.3 Å². The van der Waals surface area contributed by atoms with E-state index in [1.165, 1.54) is 6.26 Å². The Labute approximate surface area is 129 Å². The summed E-state index contributed by atoms with van der Waals surface area (Å²) in [7, 11) is 0. The van der Waals surface area contributed by atoms with Crippen molar-refractivity contribution in [1.82, 2.24) is 15.3 Å². The highest BCUT2D eigenvalue weighted by Gasteiger charge is 2.22. The van der Waals surface area contributed by atoms with E-state index in [2.05, 4.69) is 22.2 Å². The van der Waals surface area contributed by atoms with Crippen LogP contribution in [0.4, 0.5) is 5.82 Å². The number of rotatable bonds is 3. The highest BCUT2D eigenvalue weighted by Crippen LogP contribution is 2.24. The molecular weight excluding hydrogens is 280 g/mol. The normalized spacial score (nSPS) is 21.5. The molecule has 116 valence electrons. The first-order chi connectivity index (χ1) is 10.6. The van der Waals surface area contributed by atoms with Crippen LogP contribution in [0, 0.1) is 5.92 Å². The van der Waals surface area contributed by atoms with E-state index in [9.17, 15) is 4.79 Å². The first-order valence-electron chi connectivity index (χ1n) is 7.60. The highest BCUT2D eigenvalue weighted by atomic mass is 16.3. The van der Waals surface area contributed by atoms with E-state index >= 15 is 0 Å². The van der Waals surface area contributed by atoms with Gasteiger partial charge in [-0.2, -0.15) is 0 Å². The second-order valence-electron chi connectivity index (χ2n) is 5.94. The molecule has 0 aromatic carbocycles. The number of oxazole rings is 1. The molecule has 1 fully saturated rings. The molecule has 0 bridgehead atoms. The third-order valence-corrected chi connectivity index (χ3v) is 4.12. The molecule has 6 heteroatoms. The number of hydrogen-bond acceptors (Lipinski definition) is 5. The smallest absolute Gasteiger partial charge is 0.273 e. The topological polar surface area (TPSA) is 94.0 Å². The highest BCUT2D eigenvalue weighted by molar-refractivity contribution is 5.92. The maximum atomic E-state index is 12.2. The van der Waals surface area contributed by atoms with E-state index in [0.29, 0.717) is 23.0 Å². The van der Waals surface area contributed by atoms with Gasteiger partial charge in [-0.1, -0.05) is 6.92 Å². The van der Waals surface area contributed by atoms with E-state index < -0.39 is 0 Å². The summed E-state index contributed by atoms with van der Waals surface area (Å²) in [6.45, 7) is 2.25. The van der Waals surface area contributed by atoms with Gasteiger partial charge in [-0.15, -0.1) is 0 Å². The predicted octanol–water partition coefficient (Wildman–Crippen LogP) is 2.63. The van der Waals surface area contributed by atoms with E-state index in [1.54, 1.807) is 18.3 Å². The Bertz CT molecular complexity index is 642. The minimum absolute atomic E-state index is 0.182. The van der Waals surface area contributed by atoms with E-state index in [0.717, 1.165) is 31.6 Å². The van der Waals surface area contributed by atoms with Crippen LogP contribution in [0.1, 0.15) is 43.1 Å². The van der Waals surface area contributed by atoms with Crippen LogP contribution < -0.4 is 11.1 Å². The summed E-state index contributed by atoms with van der Waals surface area (Å²) in [6.07, 6.45) is 7.33. The van der Waals surface area contributed by atoms with Crippen LogP contribution >= 0.6 is 0 Å². The molecule has 2 aromatic rings. The molecule has 22 heavy (non-hydrogen) atoms. The van der Waals surface area contributed by atoms with Crippen molar-refractivity contribution in [2.45, 2.75) is 38.6 Å². The van der Waals surface area contributed by atoms with Gasteiger partial charge >= 0.3 is 0 Å². The quantitative estimate of drug-likeness (QED) is 0.908. The van der Waals surface area contributed by atoms with Gasteiger partial charge in [0.15, 0.2) is 5.69 Å². The number of nitrogens with two attached hydrogens (primary N) is 1. The van der Waals surface area contributed by atoms with Gasteiger partial charge in [0.1, 0.15) is 12.1 Å². The van der Waals surface area contributed by atoms with Crippen LogP contribution in [-0.4, -0.2) is 21.9 Å². The van der Waals surface area contributed by atoms with Crippen LogP contribution in [0.3, 0.4) is 0 Å². The number of pyridine rings is 1. The van der Waals surface area contributed by atoms with Crippen LogP contribution in [0.5, 0.6) is 0 Å². The lowest BCUT2D eigenvalue weighted by Crippen LogP contribution is -2.37. The molecule has 0 aliphatic heterocycles. The van der Waals surface area contributed by atoms with Gasteiger partial charge in [0.25, 0.3) is 5.91 Å². The Kier molecular flexibility index (Phi) is 4.09. The van der Waals surface area contributed by atoms with Crippen LogP contribution in [-0.2, 0) is 0 Å². The summed E-state index contributed by atoms with van der Waals surface area (Å²) in [5.74, 6) is 1.37. The molecule has 0 spiro atoms. The zero-order valence-electron chi connectivity index (χ0n) is 12.6. The molecule has 0 unspecified atom stereocenters. The Morgan fingerprint density at radius 1 is 1.32 bits per heavy atom. The number of aromatic nitrogens is 2. The molecule has 3 rings (SSSR count). The van der Waals surface area contributed by atoms with Crippen LogP contribution in [0.25, 0.3) is 11.5 Å². The number of anilines is 1. The molecule has 1 aliphatic rings. The van der Waals surface area contributed by atoms with Gasteiger partial charge in [-0.25, -0.2) is 9.97 Å². The summed E-state index contributed by atoms with van der Waals surface area (Å²) < 4.78 is 5.37. The third-order valence-electron chi connectivity index (χ3n) is 4.12. The van der Waals surface area contributed by atoms with Crippen LogP contribution in [0.15, 0.2) is 29.0 Å². The molecule has 0 saturated heterocycles. The lowest BCUT2D eigenvalue weighted by atomic mass is 9.87. The summed E-state index contributed by atoms with van der Waals surface area (Å²) in [5.41, 5.74) is 6.54. The maximum Gasteiger partial charge on any atom is 0.273 e. The average molecular weight is 300 g/mol. The number of nitrogens with one attached hydrogen (secondary N) is 1. The first kappa shape index (κ1) is 14.6. The van der Waals surface area contributed by atoms with Crippen molar-refractivity contribution in [3.63, 3.8) is 0 Å². The molecule has 3 N–H and O–H groups in total. The Hall–Kier alpha value is -2.37. The Morgan fingerprint density at radius 2 is 2.09 bits per heavy atom. The summed E-state index contributed by atoms with van der Waals surface area (Å²) in [6, 6.07) is 3.67. The SMILES string of the molecule is CC1CCC(NC(=O)c2coc(-c3ccc(N)nc3)n2)CC1. The van der Waals surface area contributed by atoms with Crippen molar-refractivity contribution >= 4 is 11.7 Å². The summed E-state index contributed by atoms with van der Waals surface area (Å²) in [4.78, 5) is 20.4. The molecule has 2 heterocycles. The molecule has 0 atom stereocenters. The van der Waals surface area contributed by atoms with E-state index in [-0.39, 0.29) is 11.9 Å². The Balaban J connectivity index is 1.65. The second kappa shape index (κ2) is 6.17. The largest absolute Gasteiger partial charge is 0.444 e. The molecule has 2 aromatic heterocycles. The van der Waals surface area contributed by atoms with E-state index in [1.807, 2.05) is 0 Å². The van der Waals surface area contributed by atoms with Gasteiger partial charge < -0.3 is 15.5 Å². The number of carbonyl (C=O) groups excluding carboxylic acids is 1. The first-order valence-corrected chi connectivity index (χ1v) is 7.60. The molecule has 1 saturated carbocycles. The van der Waals surface area contributed by atoms with Gasteiger partial charge in [0.2, 0.25) is 5.89 Å². The standard InChI is InChI=1S/C16H20N4O2/c1-10-2-5-12(6-3-10)19-15(21)13-9-22-16(20-13)11-4-7-14(17)18-8-11/h4,7-10,12H,2-3,5-6H2,1H3,(H2,17,18)(H,19,21). The molecule has 1 aliphatic carbocycles. The minimum atomic E-state index is -0.182. The molecule has 0 radical (unpaired) electrons. The van der Waals surface area contributed by atoms with Crippen molar-refractivity contribution in [1.29, 1.82) is 0 Å². The van der Waals surface area contributed by atoms with Gasteiger partial charge in [0, 0.05) is 12.2 Å². The van der Waals surface area contributed by atoms with Crippen molar-refractivity contribution in [3.8, 4) is 11.5 Å². The summed E-state index contributed by atoms with van der Waals surface area (Å²) in [5, 5.41) is 3.03. The number of nitrogen functional groups attached to an aromatic ring is 1. The number of nitrogens with zero attached hydrogens (tertiary/aromatic N) is 2. The molecule has 1 amide bonds. The summed E-state index contributed by atoms with van der Waals surface area (Å²) >= 11 is 0. The fourth-order valence-corrected chi connectivity index (χ4v) is 2.71. The number of amides is 1. The number of hydrogen-bond donors (Lipinski definition) is 2. The predicted molar refractivity (Wildman–Crippen MR) is 83.0 cm³/mol. The van der Waals surface area contributed by atoms with Gasteiger partial charge in [-0.3, -0.25) is 4.79 Å².